The number of ketones is 1. The van der Waals surface area contributed by atoms with Crippen molar-refractivity contribution in [2.75, 3.05) is 5.32 Å². The number of carbonyl (C=O) groups is 1. The third kappa shape index (κ3) is 2.92. The SMILES string of the molecule is CC(=O)c1csc(Nc2ccc(Br)cc2C)n1. The monoisotopic (exact) mass is 310 g/mol. The zero-order valence-electron chi connectivity index (χ0n) is 9.45. The van der Waals surface area contributed by atoms with Crippen LogP contribution in [0.2, 0.25) is 0 Å². The number of benzene rings is 1. The van der Waals surface area contributed by atoms with Crippen molar-refractivity contribution in [3.63, 3.8) is 0 Å². The summed E-state index contributed by atoms with van der Waals surface area (Å²) in [6, 6.07) is 5.98. The van der Waals surface area contributed by atoms with Crippen LogP contribution in [0.4, 0.5) is 10.8 Å². The minimum Gasteiger partial charge on any atom is -0.331 e. The first kappa shape index (κ1) is 12.3. The molecule has 1 heterocycles. The summed E-state index contributed by atoms with van der Waals surface area (Å²) in [4.78, 5) is 15.3. The van der Waals surface area contributed by atoms with Gasteiger partial charge < -0.3 is 5.32 Å². The van der Waals surface area contributed by atoms with Crippen molar-refractivity contribution in [3.8, 4) is 0 Å². The van der Waals surface area contributed by atoms with Crippen LogP contribution in [0, 0.1) is 6.92 Å². The average Bonchev–Trinajstić information content (AvgIpc) is 2.71. The minimum atomic E-state index is -0.0122. The van der Waals surface area contributed by atoms with Gasteiger partial charge >= 0.3 is 0 Å². The number of anilines is 2. The molecule has 2 rings (SSSR count). The van der Waals surface area contributed by atoms with E-state index in [1.165, 1.54) is 18.3 Å². The number of aryl methyl sites for hydroxylation is 1. The summed E-state index contributed by atoms with van der Waals surface area (Å²) < 4.78 is 1.05. The molecule has 17 heavy (non-hydrogen) atoms. The Morgan fingerprint density at radius 1 is 1.47 bits per heavy atom. The van der Waals surface area contributed by atoms with Gasteiger partial charge in [-0.25, -0.2) is 4.98 Å². The zero-order chi connectivity index (χ0) is 12.4. The number of aromatic nitrogens is 1. The highest BCUT2D eigenvalue weighted by Gasteiger charge is 2.07. The Kier molecular flexibility index (Phi) is 3.59. The summed E-state index contributed by atoms with van der Waals surface area (Å²) in [5, 5.41) is 5.71. The molecule has 0 aliphatic carbocycles. The molecule has 3 nitrogen and oxygen atoms in total. The molecule has 0 fully saturated rings. The number of thiazole rings is 1. The Hall–Kier alpha value is -1.20. The van der Waals surface area contributed by atoms with Crippen molar-refractivity contribution in [2.45, 2.75) is 13.8 Å². The van der Waals surface area contributed by atoms with Crippen molar-refractivity contribution in [1.82, 2.24) is 4.98 Å². The maximum atomic E-state index is 11.1. The standard InChI is InChI=1S/C12H11BrN2OS/c1-7-5-9(13)3-4-10(7)14-12-15-11(6-17-12)8(2)16/h3-6H,1-2H3,(H,14,15). The predicted octanol–water partition coefficient (Wildman–Crippen LogP) is 4.16. The molecule has 88 valence electrons. The lowest BCUT2D eigenvalue weighted by Crippen LogP contribution is -1.95. The summed E-state index contributed by atoms with van der Waals surface area (Å²) in [6.07, 6.45) is 0. The number of Topliss-reactive ketones (excluding diaryl/α,β-unsaturated/α-hetero) is 1. The van der Waals surface area contributed by atoms with E-state index in [1.807, 2.05) is 25.1 Å². The van der Waals surface area contributed by atoms with Gasteiger partial charge in [-0.05, 0) is 30.7 Å². The first-order chi connectivity index (χ1) is 8.06. The summed E-state index contributed by atoms with van der Waals surface area (Å²) in [7, 11) is 0. The second kappa shape index (κ2) is 4.98. The van der Waals surface area contributed by atoms with Crippen LogP contribution in [-0.2, 0) is 0 Å². The van der Waals surface area contributed by atoms with Crippen molar-refractivity contribution in [3.05, 3.63) is 39.3 Å². The van der Waals surface area contributed by atoms with Crippen molar-refractivity contribution >= 4 is 43.9 Å². The topological polar surface area (TPSA) is 42.0 Å². The lowest BCUT2D eigenvalue weighted by atomic mass is 10.2. The molecule has 0 saturated heterocycles. The maximum absolute atomic E-state index is 11.1. The molecule has 0 saturated carbocycles. The second-order valence-electron chi connectivity index (χ2n) is 3.68. The fourth-order valence-corrected chi connectivity index (χ4v) is 2.61. The van der Waals surface area contributed by atoms with Crippen molar-refractivity contribution in [1.29, 1.82) is 0 Å². The molecule has 0 unspecified atom stereocenters. The number of rotatable bonds is 3. The number of nitrogens with one attached hydrogen (secondary N) is 1. The summed E-state index contributed by atoms with van der Waals surface area (Å²) >= 11 is 4.85. The number of hydrogen-bond acceptors (Lipinski definition) is 4. The van der Waals surface area contributed by atoms with Crippen LogP contribution < -0.4 is 5.32 Å². The third-order valence-electron chi connectivity index (χ3n) is 2.29. The van der Waals surface area contributed by atoms with Crippen LogP contribution in [0.5, 0.6) is 0 Å². The molecule has 0 aliphatic heterocycles. The molecule has 0 radical (unpaired) electrons. The molecular weight excluding hydrogens is 300 g/mol. The van der Waals surface area contributed by atoms with Gasteiger partial charge in [0.1, 0.15) is 5.69 Å². The molecule has 2 aromatic rings. The van der Waals surface area contributed by atoms with Gasteiger partial charge in [0.2, 0.25) is 0 Å². The van der Waals surface area contributed by atoms with E-state index in [1.54, 1.807) is 5.38 Å². The van der Waals surface area contributed by atoms with Gasteiger partial charge in [-0.15, -0.1) is 11.3 Å². The molecule has 0 aliphatic rings. The normalized spacial score (nSPS) is 10.3. The first-order valence-electron chi connectivity index (χ1n) is 5.06. The van der Waals surface area contributed by atoms with E-state index in [0.717, 1.165) is 20.9 Å². The number of halogens is 1. The van der Waals surface area contributed by atoms with E-state index < -0.39 is 0 Å². The maximum Gasteiger partial charge on any atom is 0.187 e. The van der Waals surface area contributed by atoms with Crippen molar-refractivity contribution < 1.29 is 4.79 Å². The highest BCUT2D eigenvalue weighted by molar-refractivity contribution is 9.10. The summed E-state index contributed by atoms with van der Waals surface area (Å²) in [5.74, 6) is -0.0122. The van der Waals surface area contributed by atoms with E-state index >= 15 is 0 Å². The molecule has 0 atom stereocenters. The minimum absolute atomic E-state index is 0.0122. The fourth-order valence-electron chi connectivity index (χ4n) is 1.38. The lowest BCUT2D eigenvalue weighted by molar-refractivity contribution is 0.101. The highest BCUT2D eigenvalue weighted by Crippen LogP contribution is 2.25. The van der Waals surface area contributed by atoms with Crippen LogP contribution in [-0.4, -0.2) is 10.8 Å². The van der Waals surface area contributed by atoms with Gasteiger partial charge in [0.15, 0.2) is 10.9 Å². The molecule has 1 aromatic heterocycles. The summed E-state index contributed by atoms with van der Waals surface area (Å²) in [5.41, 5.74) is 2.63. The Morgan fingerprint density at radius 3 is 2.82 bits per heavy atom. The smallest absolute Gasteiger partial charge is 0.187 e. The van der Waals surface area contributed by atoms with Crippen LogP contribution in [0.15, 0.2) is 28.1 Å². The van der Waals surface area contributed by atoms with Gasteiger partial charge in [-0.1, -0.05) is 15.9 Å². The number of hydrogen-bond donors (Lipinski definition) is 1. The van der Waals surface area contributed by atoms with Gasteiger partial charge in [0.05, 0.1) is 0 Å². The zero-order valence-corrected chi connectivity index (χ0v) is 11.9. The second-order valence-corrected chi connectivity index (χ2v) is 5.45. The van der Waals surface area contributed by atoms with Gasteiger partial charge in [-0.3, -0.25) is 4.79 Å². The summed E-state index contributed by atoms with van der Waals surface area (Å²) in [6.45, 7) is 3.54. The fraction of sp³-hybridized carbons (Fsp3) is 0.167. The van der Waals surface area contributed by atoms with E-state index in [2.05, 4.69) is 26.2 Å². The first-order valence-corrected chi connectivity index (χ1v) is 6.73. The Bertz CT molecular complexity index is 565. The molecule has 0 spiro atoms. The van der Waals surface area contributed by atoms with E-state index in [0.29, 0.717) is 5.69 Å². The molecule has 0 amide bonds. The molecule has 0 bridgehead atoms. The highest BCUT2D eigenvalue weighted by atomic mass is 79.9. The van der Waals surface area contributed by atoms with Crippen LogP contribution in [0.25, 0.3) is 0 Å². The Labute approximate surface area is 112 Å². The quantitative estimate of drug-likeness (QED) is 0.865. The van der Waals surface area contributed by atoms with Crippen LogP contribution in [0.1, 0.15) is 23.0 Å². The Morgan fingerprint density at radius 2 is 2.24 bits per heavy atom. The number of nitrogens with zero attached hydrogens (tertiary/aromatic N) is 1. The van der Waals surface area contributed by atoms with E-state index in [4.69, 9.17) is 0 Å². The van der Waals surface area contributed by atoms with Crippen LogP contribution >= 0.6 is 27.3 Å². The van der Waals surface area contributed by atoms with E-state index in [-0.39, 0.29) is 5.78 Å². The van der Waals surface area contributed by atoms with Gasteiger partial charge in [-0.2, -0.15) is 0 Å². The van der Waals surface area contributed by atoms with E-state index in [9.17, 15) is 4.79 Å². The molecule has 1 aromatic carbocycles. The lowest BCUT2D eigenvalue weighted by Gasteiger charge is -2.06. The molecule has 5 heteroatoms. The van der Waals surface area contributed by atoms with Gasteiger partial charge in [0.25, 0.3) is 0 Å². The third-order valence-corrected chi connectivity index (χ3v) is 3.55. The molecule has 1 N–H and O–H groups in total. The largest absolute Gasteiger partial charge is 0.331 e. The number of carbonyl (C=O) groups excluding carboxylic acids is 1. The van der Waals surface area contributed by atoms with Crippen molar-refractivity contribution in [2.24, 2.45) is 0 Å². The van der Waals surface area contributed by atoms with Crippen LogP contribution in [0.3, 0.4) is 0 Å². The predicted molar refractivity (Wildman–Crippen MR) is 74.3 cm³/mol. The average molecular weight is 311 g/mol. The Balaban J connectivity index is 2.22. The molecular formula is C12H11BrN2OS. The van der Waals surface area contributed by atoms with Gasteiger partial charge in [0, 0.05) is 22.5 Å².